The number of benzene rings is 1. The molecule has 1 aromatic carbocycles. The third kappa shape index (κ3) is 4.35. The number of rotatable bonds is 5. The molecule has 162 valence electrons. The Bertz CT molecular complexity index is 1010. The molecule has 0 spiro atoms. The van der Waals surface area contributed by atoms with Crippen molar-refractivity contribution in [3.63, 3.8) is 0 Å². The van der Waals surface area contributed by atoms with E-state index in [9.17, 15) is 17.6 Å². The number of amides is 1. The van der Waals surface area contributed by atoms with Crippen molar-refractivity contribution in [3.05, 3.63) is 40.3 Å². The van der Waals surface area contributed by atoms with Crippen LogP contribution in [0.1, 0.15) is 9.67 Å². The summed E-state index contributed by atoms with van der Waals surface area (Å²) in [5.41, 5.74) is 0.709. The van der Waals surface area contributed by atoms with Crippen LogP contribution in [0.5, 0.6) is 0 Å². The van der Waals surface area contributed by atoms with Crippen LogP contribution in [0.2, 0.25) is 0 Å². The average Bonchev–Trinajstić information content (AvgIpc) is 3.26. The minimum absolute atomic E-state index is 0.0442. The highest BCUT2D eigenvalue weighted by Gasteiger charge is 2.31. The van der Waals surface area contributed by atoms with E-state index < -0.39 is 21.7 Å². The van der Waals surface area contributed by atoms with Crippen molar-refractivity contribution in [2.24, 2.45) is 0 Å². The van der Waals surface area contributed by atoms with Crippen molar-refractivity contribution in [1.82, 2.24) is 4.31 Å². The molecule has 11 heteroatoms. The monoisotopic (exact) mass is 455 g/mol. The summed E-state index contributed by atoms with van der Waals surface area (Å²) in [5.74, 6) is -1.04. The fraction of sp³-hybridized carbons (Fsp3) is 0.421. The van der Waals surface area contributed by atoms with Crippen LogP contribution in [0.25, 0.3) is 0 Å². The zero-order valence-corrected chi connectivity index (χ0v) is 17.8. The van der Waals surface area contributed by atoms with Crippen LogP contribution in [-0.2, 0) is 19.5 Å². The first-order valence-electron chi connectivity index (χ1n) is 9.56. The van der Waals surface area contributed by atoms with Crippen molar-refractivity contribution in [3.8, 4) is 0 Å². The summed E-state index contributed by atoms with van der Waals surface area (Å²) >= 11 is 1.03. The number of halogens is 1. The standard InChI is InChI=1S/C19H22FN3O5S2/c20-15-13-14(1-2-16(15)22-4-8-27-9-5-22)21-19(24)18-17(3-12-29-18)30(25,26)23-6-10-28-11-7-23/h1-3,12-13H,4-11H2,(H,21,24). The molecule has 3 heterocycles. The number of carbonyl (C=O) groups is 1. The number of ether oxygens (including phenoxy) is 2. The Hall–Kier alpha value is -2.05. The molecule has 1 amide bonds. The van der Waals surface area contributed by atoms with Gasteiger partial charge >= 0.3 is 0 Å². The third-order valence-corrected chi connectivity index (χ3v) is 7.96. The summed E-state index contributed by atoms with van der Waals surface area (Å²) in [6.45, 7) is 3.40. The van der Waals surface area contributed by atoms with Gasteiger partial charge in [-0.05, 0) is 29.6 Å². The number of hydrogen-bond donors (Lipinski definition) is 1. The molecule has 0 unspecified atom stereocenters. The number of hydrogen-bond acceptors (Lipinski definition) is 7. The maximum atomic E-state index is 14.6. The van der Waals surface area contributed by atoms with E-state index in [0.29, 0.717) is 45.2 Å². The number of nitrogens with zero attached hydrogens (tertiary/aromatic N) is 2. The highest BCUT2D eigenvalue weighted by Crippen LogP contribution is 2.28. The van der Waals surface area contributed by atoms with Crippen LogP contribution in [0.15, 0.2) is 34.5 Å². The molecule has 0 atom stereocenters. The zero-order valence-electron chi connectivity index (χ0n) is 16.2. The molecule has 4 rings (SSSR count). The van der Waals surface area contributed by atoms with Crippen LogP contribution in [0.3, 0.4) is 0 Å². The quantitative estimate of drug-likeness (QED) is 0.742. The minimum atomic E-state index is -3.81. The van der Waals surface area contributed by atoms with Gasteiger partial charge in [0.05, 0.1) is 32.1 Å². The van der Waals surface area contributed by atoms with Gasteiger partial charge in [0.15, 0.2) is 0 Å². The fourth-order valence-corrected chi connectivity index (χ4v) is 6.13. The van der Waals surface area contributed by atoms with E-state index in [1.807, 2.05) is 4.90 Å². The Morgan fingerprint density at radius 3 is 2.37 bits per heavy atom. The number of anilines is 2. The van der Waals surface area contributed by atoms with Crippen molar-refractivity contribution in [2.45, 2.75) is 4.90 Å². The lowest BCUT2D eigenvalue weighted by atomic mass is 10.2. The first-order chi connectivity index (χ1) is 14.5. The first kappa shape index (κ1) is 21.2. The molecule has 0 saturated carbocycles. The zero-order chi connectivity index (χ0) is 21.1. The number of morpholine rings is 2. The Balaban J connectivity index is 1.51. The topological polar surface area (TPSA) is 88.2 Å². The molecule has 0 radical (unpaired) electrons. The summed E-state index contributed by atoms with van der Waals surface area (Å²) in [4.78, 5) is 14.7. The molecule has 2 aliphatic rings. The van der Waals surface area contributed by atoms with E-state index in [1.54, 1.807) is 17.5 Å². The van der Waals surface area contributed by atoms with Gasteiger partial charge in [0.1, 0.15) is 15.6 Å². The molecule has 1 aromatic heterocycles. The molecule has 2 aliphatic heterocycles. The maximum absolute atomic E-state index is 14.6. The summed E-state index contributed by atoms with van der Waals surface area (Å²) in [5, 5.41) is 4.17. The number of sulfonamides is 1. The molecule has 8 nitrogen and oxygen atoms in total. The van der Waals surface area contributed by atoms with Gasteiger partial charge < -0.3 is 19.7 Å². The summed E-state index contributed by atoms with van der Waals surface area (Å²) in [6.07, 6.45) is 0. The maximum Gasteiger partial charge on any atom is 0.267 e. The van der Waals surface area contributed by atoms with Gasteiger partial charge in [-0.15, -0.1) is 11.3 Å². The van der Waals surface area contributed by atoms with Crippen LogP contribution in [0.4, 0.5) is 15.8 Å². The SMILES string of the molecule is O=C(Nc1ccc(N2CCOCC2)c(F)c1)c1sccc1S(=O)(=O)N1CCOCC1. The van der Waals surface area contributed by atoms with Crippen molar-refractivity contribution in [1.29, 1.82) is 0 Å². The van der Waals surface area contributed by atoms with E-state index in [2.05, 4.69) is 5.32 Å². The molecular weight excluding hydrogens is 433 g/mol. The van der Waals surface area contributed by atoms with E-state index in [4.69, 9.17) is 9.47 Å². The second kappa shape index (κ2) is 8.98. The van der Waals surface area contributed by atoms with Crippen molar-refractivity contribution >= 4 is 38.6 Å². The highest BCUT2D eigenvalue weighted by molar-refractivity contribution is 7.89. The van der Waals surface area contributed by atoms with Crippen molar-refractivity contribution < 1.29 is 27.1 Å². The van der Waals surface area contributed by atoms with Gasteiger partial charge in [0.2, 0.25) is 10.0 Å². The second-order valence-corrected chi connectivity index (χ2v) is 9.67. The lowest BCUT2D eigenvalue weighted by Crippen LogP contribution is -2.41. The second-order valence-electron chi connectivity index (χ2n) is 6.85. The average molecular weight is 456 g/mol. The van der Waals surface area contributed by atoms with Crippen LogP contribution < -0.4 is 10.2 Å². The van der Waals surface area contributed by atoms with Gasteiger partial charge in [0, 0.05) is 31.9 Å². The van der Waals surface area contributed by atoms with Crippen molar-refractivity contribution in [2.75, 3.05) is 62.8 Å². The largest absolute Gasteiger partial charge is 0.379 e. The van der Waals surface area contributed by atoms with Crippen LogP contribution >= 0.6 is 11.3 Å². The number of nitrogens with one attached hydrogen (secondary N) is 1. The molecule has 2 fully saturated rings. The Labute approximate surface area is 178 Å². The summed E-state index contributed by atoms with van der Waals surface area (Å²) in [7, 11) is -3.81. The van der Waals surface area contributed by atoms with Gasteiger partial charge in [-0.25, -0.2) is 12.8 Å². The smallest absolute Gasteiger partial charge is 0.267 e. The predicted octanol–water partition coefficient (Wildman–Crippen LogP) is 2.00. The van der Waals surface area contributed by atoms with Gasteiger partial charge in [-0.3, -0.25) is 4.79 Å². The van der Waals surface area contributed by atoms with Gasteiger partial charge in [-0.1, -0.05) is 0 Å². The lowest BCUT2D eigenvalue weighted by molar-refractivity contribution is 0.0730. The molecule has 30 heavy (non-hydrogen) atoms. The van der Waals surface area contributed by atoms with Crippen LogP contribution in [0, 0.1) is 5.82 Å². The Kier molecular flexibility index (Phi) is 6.34. The van der Waals surface area contributed by atoms with Crippen LogP contribution in [-0.4, -0.2) is 71.2 Å². The number of thiophene rings is 1. The van der Waals surface area contributed by atoms with Gasteiger partial charge in [-0.2, -0.15) is 4.31 Å². The number of carbonyl (C=O) groups excluding carboxylic acids is 1. The van der Waals surface area contributed by atoms with E-state index in [-0.39, 0.29) is 28.5 Å². The molecule has 2 saturated heterocycles. The predicted molar refractivity (Wildman–Crippen MR) is 111 cm³/mol. The Morgan fingerprint density at radius 2 is 1.70 bits per heavy atom. The lowest BCUT2D eigenvalue weighted by Gasteiger charge is -2.29. The third-order valence-electron chi connectivity index (χ3n) is 4.98. The molecular formula is C19H22FN3O5S2. The molecule has 2 aromatic rings. The molecule has 0 bridgehead atoms. The highest BCUT2D eigenvalue weighted by atomic mass is 32.2. The fourth-order valence-electron chi connectivity index (χ4n) is 3.43. The van der Waals surface area contributed by atoms with E-state index in [0.717, 1.165) is 11.3 Å². The van der Waals surface area contributed by atoms with Gasteiger partial charge in [0.25, 0.3) is 5.91 Å². The normalized spacial score (nSPS) is 18.4. The molecule has 0 aliphatic carbocycles. The van der Waals surface area contributed by atoms with E-state index >= 15 is 0 Å². The Morgan fingerprint density at radius 1 is 1.03 bits per heavy atom. The molecule has 1 N–H and O–H groups in total. The van der Waals surface area contributed by atoms with E-state index in [1.165, 1.54) is 16.4 Å². The first-order valence-corrected chi connectivity index (χ1v) is 11.9. The minimum Gasteiger partial charge on any atom is -0.379 e. The summed E-state index contributed by atoms with van der Waals surface area (Å²) in [6, 6.07) is 5.88. The summed E-state index contributed by atoms with van der Waals surface area (Å²) < 4.78 is 52.2.